The highest BCUT2D eigenvalue weighted by Gasteiger charge is 2.28. The number of nitrogens with zero attached hydrogens (tertiary/aromatic N) is 4. The van der Waals surface area contributed by atoms with E-state index < -0.39 is 0 Å². The second-order valence-corrected chi connectivity index (χ2v) is 6.84. The van der Waals surface area contributed by atoms with E-state index in [9.17, 15) is 4.79 Å². The predicted molar refractivity (Wildman–Crippen MR) is 89.1 cm³/mol. The Labute approximate surface area is 142 Å². The van der Waals surface area contributed by atoms with Crippen LogP contribution < -0.4 is 5.32 Å². The molecular weight excluding hydrogens is 306 g/mol. The Morgan fingerprint density at radius 3 is 2.88 bits per heavy atom. The smallest absolute Gasteiger partial charge is 0.226 e. The average molecular weight is 331 g/mol. The van der Waals surface area contributed by atoms with Crippen molar-refractivity contribution < 1.29 is 9.32 Å². The highest BCUT2D eigenvalue weighted by atomic mass is 16.5. The first-order chi connectivity index (χ1) is 11.4. The van der Waals surface area contributed by atoms with E-state index in [-0.39, 0.29) is 17.9 Å². The summed E-state index contributed by atoms with van der Waals surface area (Å²) < 4.78 is 7.22. The first-order valence-corrected chi connectivity index (χ1v) is 8.39. The molecule has 0 saturated carbocycles. The summed E-state index contributed by atoms with van der Waals surface area (Å²) in [6.07, 6.45) is 1.80. The van der Waals surface area contributed by atoms with E-state index in [4.69, 9.17) is 4.52 Å². The molecule has 130 valence electrons. The molecule has 3 heterocycles. The Bertz CT molecular complexity index is 699. The second-order valence-electron chi connectivity index (χ2n) is 6.84. The van der Waals surface area contributed by atoms with Crippen molar-refractivity contribution in [3.63, 3.8) is 0 Å². The number of nitrogens with one attached hydrogen (secondary N) is 1. The van der Waals surface area contributed by atoms with Crippen molar-refractivity contribution >= 4 is 5.91 Å². The molecule has 1 aliphatic rings. The molecule has 1 N–H and O–H groups in total. The van der Waals surface area contributed by atoms with E-state index in [1.165, 1.54) is 0 Å². The number of carbonyl (C=O) groups is 1. The summed E-state index contributed by atoms with van der Waals surface area (Å²) in [4.78, 5) is 14.8. The number of amides is 1. The molecule has 1 atom stereocenters. The fourth-order valence-electron chi connectivity index (χ4n) is 3.17. The number of aromatic nitrogens is 3. The lowest BCUT2D eigenvalue weighted by molar-refractivity contribution is -0.126. The topological polar surface area (TPSA) is 76.2 Å². The van der Waals surface area contributed by atoms with E-state index in [2.05, 4.69) is 20.5 Å². The molecule has 0 spiro atoms. The van der Waals surface area contributed by atoms with Gasteiger partial charge in [-0.2, -0.15) is 5.10 Å². The molecule has 2 aromatic rings. The van der Waals surface area contributed by atoms with Crippen molar-refractivity contribution in [2.24, 2.45) is 5.92 Å². The third-order valence-electron chi connectivity index (χ3n) is 4.43. The van der Waals surface area contributed by atoms with Crippen LogP contribution in [0.15, 0.2) is 16.8 Å². The molecular formula is C17H25N5O2. The van der Waals surface area contributed by atoms with Gasteiger partial charge in [0.15, 0.2) is 0 Å². The van der Waals surface area contributed by atoms with Crippen LogP contribution in [0.2, 0.25) is 0 Å². The number of rotatable bonds is 4. The van der Waals surface area contributed by atoms with E-state index in [0.29, 0.717) is 13.1 Å². The lowest BCUT2D eigenvalue weighted by atomic mass is 10.1. The fourth-order valence-corrected chi connectivity index (χ4v) is 3.17. The number of aryl methyl sites for hydroxylation is 2. The summed E-state index contributed by atoms with van der Waals surface area (Å²) in [6.45, 7) is 10.6. The molecule has 1 unspecified atom stereocenters. The van der Waals surface area contributed by atoms with E-state index >= 15 is 0 Å². The van der Waals surface area contributed by atoms with Crippen LogP contribution in [0.25, 0.3) is 0 Å². The molecule has 1 aliphatic heterocycles. The van der Waals surface area contributed by atoms with Gasteiger partial charge in [-0.3, -0.25) is 14.4 Å². The minimum Gasteiger partial charge on any atom is -0.361 e. The van der Waals surface area contributed by atoms with Crippen molar-refractivity contribution in [3.8, 4) is 0 Å². The molecule has 0 fully saturated rings. The first-order valence-electron chi connectivity index (χ1n) is 8.39. The van der Waals surface area contributed by atoms with Crippen molar-refractivity contribution in [2.75, 3.05) is 6.54 Å². The van der Waals surface area contributed by atoms with Gasteiger partial charge in [0.25, 0.3) is 0 Å². The van der Waals surface area contributed by atoms with Gasteiger partial charge in [-0.25, -0.2) is 0 Å². The van der Waals surface area contributed by atoms with Gasteiger partial charge >= 0.3 is 0 Å². The van der Waals surface area contributed by atoms with Crippen LogP contribution in [0, 0.1) is 19.8 Å². The first kappa shape index (κ1) is 16.7. The van der Waals surface area contributed by atoms with Crippen LogP contribution >= 0.6 is 0 Å². The SMILES string of the molecule is Cc1noc(C)c1CN1Cc2ccnn2CC(C(=O)NC(C)C)C1. The summed E-state index contributed by atoms with van der Waals surface area (Å²) in [7, 11) is 0. The molecule has 0 aliphatic carbocycles. The van der Waals surface area contributed by atoms with Crippen LogP contribution in [0.3, 0.4) is 0 Å². The number of carbonyl (C=O) groups excluding carboxylic acids is 1. The van der Waals surface area contributed by atoms with Crippen LogP contribution in [-0.4, -0.2) is 38.3 Å². The minimum absolute atomic E-state index is 0.0807. The van der Waals surface area contributed by atoms with E-state index in [1.54, 1.807) is 6.20 Å². The Balaban J connectivity index is 1.82. The highest BCUT2D eigenvalue weighted by molar-refractivity contribution is 5.79. The van der Waals surface area contributed by atoms with Gasteiger partial charge in [-0.05, 0) is 33.8 Å². The lowest BCUT2D eigenvalue weighted by Gasteiger charge is -2.24. The van der Waals surface area contributed by atoms with Crippen LogP contribution in [0.5, 0.6) is 0 Å². The molecule has 24 heavy (non-hydrogen) atoms. The largest absolute Gasteiger partial charge is 0.361 e. The van der Waals surface area contributed by atoms with E-state index in [0.717, 1.165) is 35.8 Å². The lowest BCUT2D eigenvalue weighted by Crippen LogP contribution is -2.41. The standard InChI is InChI=1S/C17H25N5O2/c1-11(2)19-17(23)14-7-21(9-15-5-6-18-22(15)8-14)10-16-12(3)20-24-13(16)4/h5-6,11,14H,7-10H2,1-4H3,(H,19,23). The van der Waals surface area contributed by atoms with Crippen molar-refractivity contribution in [2.45, 2.75) is 53.4 Å². The summed E-state index contributed by atoms with van der Waals surface area (Å²) >= 11 is 0. The molecule has 2 aromatic heterocycles. The van der Waals surface area contributed by atoms with Crippen molar-refractivity contribution in [1.29, 1.82) is 0 Å². The molecule has 0 saturated heterocycles. The maximum absolute atomic E-state index is 12.6. The van der Waals surface area contributed by atoms with Crippen LogP contribution in [-0.2, 0) is 24.4 Å². The summed E-state index contributed by atoms with van der Waals surface area (Å²) in [5.41, 5.74) is 3.14. The third-order valence-corrected chi connectivity index (χ3v) is 4.43. The van der Waals surface area contributed by atoms with Crippen molar-refractivity contribution in [3.05, 3.63) is 35.0 Å². The predicted octanol–water partition coefficient (Wildman–Crippen LogP) is 1.64. The van der Waals surface area contributed by atoms with Gasteiger partial charge in [0, 0.05) is 37.4 Å². The maximum atomic E-state index is 12.6. The fraction of sp³-hybridized carbons (Fsp3) is 0.588. The molecule has 0 aromatic carbocycles. The summed E-state index contributed by atoms with van der Waals surface area (Å²) in [5.74, 6) is 0.791. The van der Waals surface area contributed by atoms with Gasteiger partial charge in [0.2, 0.25) is 5.91 Å². The van der Waals surface area contributed by atoms with Gasteiger partial charge in [-0.15, -0.1) is 0 Å². The zero-order valence-electron chi connectivity index (χ0n) is 14.7. The monoisotopic (exact) mass is 331 g/mol. The zero-order valence-corrected chi connectivity index (χ0v) is 14.7. The van der Waals surface area contributed by atoms with Crippen molar-refractivity contribution in [1.82, 2.24) is 25.2 Å². The third kappa shape index (κ3) is 3.51. The highest BCUT2D eigenvalue weighted by Crippen LogP contribution is 2.21. The van der Waals surface area contributed by atoms with Gasteiger partial charge < -0.3 is 9.84 Å². The molecule has 7 nitrogen and oxygen atoms in total. The van der Waals surface area contributed by atoms with Gasteiger partial charge in [0.05, 0.1) is 23.9 Å². The zero-order chi connectivity index (χ0) is 17.3. The van der Waals surface area contributed by atoms with Gasteiger partial charge in [0.1, 0.15) is 5.76 Å². The molecule has 0 bridgehead atoms. The number of hydrogen-bond acceptors (Lipinski definition) is 5. The van der Waals surface area contributed by atoms with Crippen LogP contribution in [0.1, 0.15) is 36.6 Å². The molecule has 7 heteroatoms. The van der Waals surface area contributed by atoms with Crippen LogP contribution in [0.4, 0.5) is 0 Å². The Morgan fingerprint density at radius 1 is 1.42 bits per heavy atom. The normalized spacial score (nSPS) is 18.5. The molecule has 1 amide bonds. The quantitative estimate of drug-likeness (QED) is 0.922. The number of fused-ring (bicyclic) bond motifs is 1. The Kier molecular flexibility index (Phi) is 4.71. The average Bonchev–Trinajstić information content (AvgIpc) is 3.02. The maximum Gasteiger partial charge on any atom is 0.226 e. The Hall–Kier alpha value is -2.15. The van der Waals surface area contributed by atoms with E-state index in [1.807, 2.05) is 38.4 Å². The minimum atomic E-state index is -0.131. The summed E-state index contributed by atoms with van der Waals surface area (Å²) in [6, 6.07) is 2.15. The molecule has 3 rings (SSSR count). The van der Waals surface area contributed by atoms with Gasteiger partial charge in [-0.1, -0.05) is 5.16 Å². The molecule has 0 radical (unpaired) electrons. The number of hydrogen-bond donors (Lipinski definition) is 1. The second kappa shape index (κ2) is 6.76. The Morgan fingerprint density at radius 2 is 2.21 bits per heavy atom. The summed E-state index contributed by atoms with van der Waals surface area (Å²) in [5, 5.41) is 11.4.